The molecule has 0 aliphatic heterocycles. The number of H-pyrrole nitrogens is 1. The number of rotatable bonds is 3. The van der Waals surface area contributed by atoms with Gasteiger partial charge in [-0.2, -0.15) is 0 Å². The molecule has 0 saturated heterocycles. The summed E-state index contributed by atoms with van der Waals surface area (Å²) in [6, 6.07) is 16.9. The first-order valence-corrected chi connectivity index (χ1v) is 8.25. The summed E-state index contributed by atoms with van der Waals surface area (Å²) in [5.74, 6) is 0.654. The highest BCUT2D eigenvalue weighted by atomic mass is 16.5. The van der Waals surface area contributed by atoms with Crippen molar-refractivity contribution in [2.45, 2.75) is 0 Å². The SMILES string of the molecule is C=c1onc(-c2ccccc2)c1=c1[nH]/c(=C\c2ccccc2OC)c(=O)o1. The molecule has 0 atom stereocenters. The van der Waals surface area contributed by atoms with E-state index < -0.39 is 5.63 Å². The fourth-order valence-corrected chi connectivity index (χ4v) is 2.85. The van der Waals surface area contributed by atoms with Crippen molar-refractivity contribution in [2.24, 2.45) is 0 Å². The van der Waals surface area contributed by atoms with Gasteiger partial charge in [0.1, 0.15) is 22.0 Å². The van der Waals surface area contributed by atoms with Gasteiger partial charge in [-0.15, -0.1) is 0 Å². The second kappa shape index (κ2) is 6.84. The van der Waals surface area contributed by atoms with Crippen molar-refractivity contribution in [3.8, 4) is 17.0 Å². The molecule has 2 aromatic heterocycles. The number of methoxy groups -OCH3 is 1. The molecule has 6 heteroatoms. The first-order valence-electron chi connectivity index (χ1n) is 8.25. The number of nitrogens with one attached hydrogen (secondary N) is 1. The van der Waals surface area contributed by atoms with E-state index in [2.05, 4.69) is 16.7 Å². The third-order valence-electron chi connectivity index (χ3n) is 4.14. The van der Waals surface area contributed by atoms with Crippen molar-refractivity contribution < 1.29 is 13.7 Å². The standard InChI is InChI=1S/C21H16N2O4/c1-13-18(19(23-27-13)14-8-4-3-5-9-14)20-22-16(21(24)26-20)12-15-10-6-7-11-17(15)25-2/h3-12,22H,1H2,2H3/b16-12-,20-18?. The molecular weight excluding hydrogens is 344 g/mol. The molecule has 4 rings (SSSR count). The van der Waals surface area contributed by atoms with Gasteiger partial charge in [0.05, 0.1) is 7.11 Å². The third kappa shape index (κ3) is 3.08. The number of benzene rings is 2. The van der Waals surface area contributed by atoms with Gasteiger partial charge in [-0.25, -0.2) is 4.79 Å². The Morgan fingerprint density at radius 3 is 2.63 bits per heavy atom. The van der Waals surface area contributed by atoms with Crippen LogP contribution in [0.1, 0.15) is 5.56 Å². The van der Waals surface area contributed by atoms with E-state index in [0.29, 0.717) is 22.1 Å². The van der Waals surface area contributed by atoms with Crippen LogP contribution in [0.3, 0.4) is 0 Å². The maximum absolute atomic E-state index is 12.4. The van der Waals surface area contributed by atoms with Gasteiger partial charge >= 0.3 is 5.63 Å². The van der Waals surface area contributed by atoms with Crippen LogP contribution in [-0.2, 0) is 0 Å². The molecule has 0 fully saturated rings. The van der Waals surface area contributed by atoms with Gasteiger partial charge in [0.2, 0.25) is 5.55 Å². The second-order valence-corrected chi connectivity index (χ2v) is 5.84. The molecule has 27 heavy (non-hydrogen) atoms. The minimum atomic E-state index is -0.504. The van der Waals surface area contributed by atoms with Gasteiger partial charge in [-0.3, -0.25) is 0 Å². The molecule has 0 aliphatic carbocycles. The summed E-state index contributed by atoms with van der Waals surface area (Å²) in [6.07, 6.45) is 1.67. The fraction of sp³-hybridized carbons (Fsp3) is 0.0476. The summed E-state index contributed by atoms with van der Waals surface area (Å²) in [7, 11) is 1.58. The molecular formula is C21H16N2O4. The number of aromatic amines is 1. The highest BCUT2D eigenvalue weighted by Crippen LogP contribution is 2.18. The van der Waals surface area contributed by atoms with Crippen molar-refractivity contribution in [3.05, 3.63) is 92.1 Å². The smallest absolute Gasteiger partial charge is 0.361 e. The summed E-state index contributed by atoms with van der Waals surface area (Å²) in [5, 5.41) is 4.86. The van der Waals surface area contributed by atoms with Crippen LogP contribution in [0.4, 0.5) is 0 Å². The molecule has 0 saturated carbocycles. The van der Waals surface area contributed by atoms with Gasteiger partial charge in [-0.05, 0) is 12.1 Å². The van der Waals surface area contributed by atoms with Crippen molar-refractivity contribution >= 4 is 12.7 Å². The van der Waals surface area contributed by atoms with Gasteiger partial charge in [-0.1, -0.05) is 60.3 Å². The van der Waals surface area contributed by atoms with Crippen LogP contribution >= 0.6 is 0 Å². The van der Waals surface area contributed by atoms with E-state index in [1.54, 1.807) is 13.2 Å². The largest absolute Gasteiger partial charge is 0.496 e. The van der Waals surface area contributed by atoms with Crippen LogP contribution < -0.4 is 21.1 Å². The van der Waals surface area contributed by atoms with Crippen molar-refractivity contribution in [3.63, 3.8) is 0 Å². The molecule has 2 aromatic carbocycles. The summed E-state index contributed by atoms with van der Waals surface area (Å²) < 4.78 is 16.0. The molecule has 6 nitrogen and oxygen atoms in total. The van der Waals surface area contributed by atoms with E-state index in [0.717, 1.165) is 11.1 Å². The van der Waals surface area contributed by atoms with Crippen LogP contribution in [0.2, 0.25) is 0 Å². The average molecular weight is 360 g/mol. The molecule has 0 spiro atoms. The first-order chi connectivity index (χ1) is 13.2. The van der Waals surface area contributed by atoms with Crippen LogP contribution in [0.25, 0.3) is 23.9 Å². The number of aromatic nitrogens is 2. The van der Waals surface area contributed by atoms with Gasteiger partial charge < -0.3 is 18.7 Å². The number of para-hydroxylation sites is 1. The summed E-state index contributed by atoms with van der Waals surface area (Å²) in [6.45, 7) is 3.85. The normalized spacial score (nSPS) is 13.0. The Morgan fingerprint density at radius 2 is 1.85 bits per heavy atom. The van der Waals surface area contributed by atoms with Gasteiger partial charge in [0.25, 0.3) is 0 Å². The summed E-state index contributed by atoms with van der Waals surface area (Å²) in [5.41, 5.74) is 2.18. The van der Waals surface area contributed by atoms with E-state index in [-0.39, 0.29) is 10.9 Å². The molecule has 0 amide bonds. The minimum absolute atomic E-state index is 0.242. The molecule has 0 unspecified atom stereocenters. The zero-order valence-corrected chi connectivity index (χ0v) is 14.6. The monoisotopic (exact) mass is 360 g/mol. The Balaban J connectivity index is 2.01. The Bertz CT molecular complexity index is 1350. The van der Waals surface area contributed by atoms with Crippen molar-refractivity contribution in [2.75, 3.05) is 7.11 Å². The van der Waals surface area contributed by atoms with Gasteiger partial charge in [0.15, 0.2) is 5.42 Å². The lowest BCUT2D eigenvalue weighted by Crippen LogP contribution is -2.20. The fourth-order valence-electron chi connectivity index (χ4n) is 2.85. The Labute approximate surface area is 153 Å². The highest BCUT2D eigenvalue weighted by Gasteiger charge is 2.10. The van der Waals surface area contributed by atoms with Crippen LogP contribution in [0.15, 0.2) is 68.3 Å². The molecule has 0 aliphatic rings. The van der Waals surface area contributed by atoms with Crippen LogP contribution in [0.5, 0.6) is 5.75 Å². The number of oxazole rings is 1. The highest BCUT2D eigenvalue weighted by molar-refractivity contribution is 5.59. The summed E-state index contributed by atoms with van der Waals surface area (Å²) >= 11 is 0. The van der Waals surface area contributed by atoms with E-state index in [1.165, 1.54) is 0 Å². The number of hydrogen-bond donors (Lipinski definition) is 1. The molecule has 2 heterocycles. The van der Waals surface area contributed by atoms with Crippen LogP contribution in [-0.4, -0.2) is 17.3 Å². The quantitative estimate of drug-likeness (QED) is 0.605. The zero-order chi connectivity index (χ0) is 18.8. The average Bonchev–Trinajstić information content (AvgIpc) is 3.25. The summed E-state index contributed by atoms with van der Waals surface area (Å²) in [4.78, 5) is 15.4. The Hall–Kier alpha value is -3.80. The molecule has 0 radical (unpaired) electrons. The first kappa shape index (κ1) is 16.7. The minimum Gasteiger partial charge on any atom is -0.496 e. The third-order valence-corrected chi connectivity index (χ3v) is 4.14. The van der Waals surface area contributed by atoms with Gasteiger partial charge in [0, 0.05) is 11.1 Å². The second-order valence-electron chi connectivity index (χ2n) is 5.84. The lowest BCUT2D eigenvalue weighted by atomic mass is 10.1. The maximum Gasteiger partial charge on any atom is 0.361 e. The maximum atomic E-state index is 12.4. The number of hydrogen-bond acceptors (Lipinski definition) is 5. The van der Waals surface area contributed by atoms with E-state index in [1.807, 2.05) is 54.6 Å². The Kier molecular flexibility index (Phi) is 4.22. The predicted molar refractivity (Wildman–Crippen MR) is 100 cm³/mol. The Morgan fingerprint density at radius 1 is 1.11 bits per heavy atom. The lowest BCUT2D eigenvalue weighted by molar-refractivity contribution is 0.396. The molecule has 0 bridgehead atoms. The topological polar surface area (TPSA) is 81.3 Å². The van der Waals surface area contributed by atoms with E-state index in [9.17, 15) is 4.79 Å². The number of nitrogens with zero attached hydrogens (tertiary/aromatic N) is 1. The lowest BCUT2D eigenvalue weighted by Gasteiger charge is -2.02. The number of ether oxygens (including phenoxy) is 1. The van der Waals surface area contributed by atoms with Crippen molar-refractivity contribution in [1.82, 2.24) is 10.1 Å². The molecule has 4 aromatic rings. The molecule has 134 valence electrons. The van der Waals surface area contributed by atoms with E-state index in [4.69, 9.17) is 13.7 Å². The van der Waals surface area contributed by atoms with Crippen molar-refractivity contribution in [1.29, 1.82) is 0 Å². The van der Waals surface area contributed by atoms with E-state index >= 15 is 0 Å². The predicted octanol–water partition coefficient (Wildman–Crippen LogP) is 2.16. The molecule has 1 N–H and O–H groups in total. The zero-order valence-electron chi connectivity index (χ0n) is 14.6. The van der Waals surface area contributed by atoms with Crippen LogP contribution in [0, 0.1) is 10.8 Å².